The van der Waals surface area contributed by atoms with E-state index in [2.05, 4.69) is 39.5 Å². The van der Waals surface area contributed by atoms with Crippen LogP contribution in [0.3, 0.4) is 0 Å². The van der Waals surface area contributed by atoms with Crippen molar-refractivity contribution in [2.45, 2.75) is 73.3 Å². The van der Waals surface area contributed by atoms with Gasteiger partial charge in [-0.1, -0.05) is 34.1 Å². The summed E-state index contributed by atoms with van der Waals surface area (Å²) >= 11 is 0. The van der Waals surface area contributed by atoms with Crippen LogP contribution in [0.15, 0.2) is 0 Å². The minimum atomic E-state index is 0.336. The zero-order chi connectivity index (χ0) is 12.8. The molecule has 96 valence electrons. The van der Waals surface area contributed by atoms with E-state index in [-0.39, 0.29) is 0 Å². The number of ether oxygens (including phenoxy) is 1. The van der Waals surface area contributed by atoms with Gasteiger partial charge in [-0.15, -0.1) is 11.8 Å². The van der Waals surface area contributed by atoms with E-state index >= 15 is 0 Å². The standard InChI is InChI=1S/C11H20O.C4H10/c1-4-5-6-7-8-9-10-12-11(2)3;1-4(2)3/h11H,4-6,9-10H2,1-3H3;4H,1-3H3. The molecular formula is C15H30O. The molecule has 0 unspecified atom stereocenters. The fourth-order valence-electron chi connectivity index (χ4n) is 0.788. The lowest BCUT2D eigenvalue weighted by Crippen LogP contribution is -2.02. The fourth-order valence-corrected chi connectivity index (χ4v) is 0.788. The largest absolute Gasteiger partial charge is 0.378 e. The molecule has 0 radical (unpaired) electrons. The molecule has 0 aliphatic carbocycles. The maximum atomic E-state index is 5.35. The van der Waals surface area contributed by atoms with E-state index in [0.717, 1.165) is 25.4 Å². The van der Waals surface area contributed by atoms with Crippen LogP contribution < -0.4 is 0 Å². The molecule has 0 spiro atoms. The lowest BCUT2D eigenvalue weighted by Gasteiger charge is -2.03. The Kier molecular flexibility index (Phi) is 16.2. The van der Waals surface area contributed by atoms with Gasteiger partial charge < -0.3 is 4.74 Å². The van der Waals surface area contributed by atoms with Crippen LogP contribution in [0.2, 0.25) is 0 Å². The van der Waals surface area contributed by atoms with Gasteiger partial charge in [0.1, 0.15) is 0 Å². The second kappa shape index (κ2) is 14.5. The molecule has 0 aliphatic rings. The van der Waals surface area contributed by atoms with E-state index in [1.54, 1.807) is 0 Å². The van der Waals surface area contributed by atoms with Crippen LogP contribution in [-0.2, 0) is 4.74 Å². The van der Waals surface area contributed by atoms with Crippen molar-refractivity contribution in [1.29, 1.82) is 0 Å². The van der Waals surface area contributed by atoms with Crippen LogP contribution >= 0.6 is 0 Å². The van der Waals surface area contributed by atoms with Crippen molar-refractivity contribution in [2.24, 2.45) is 5.92 Å². The summed E-state index contributed by atoms with van der Waals surface area (Å²) in [7, 11) is 0. The van der Waals surface area contributed by atoms with Crippen LogP contribution in [0.5, 0.6) is 0 Å². The summed E-state index contributed by atoms with van der Waals surface area (Å²) in [5, 5.41) is 0. The van der Waals surface area contributed by atoms with Crippen molar-refractivity contribution in [3.05, 3.63) is 0 Å². The Hall–Kier alpha value is -0.480. The molecule has 0 N–H and O–H groups in total. The van der Waals surface area contributed by atoms with Crippen molar-refractivity contribution in [3.63, 3.8) is 0 Å². The summed E-state index contributed by atoms with van der Waals surface area (Å²) in [6, 6.07) is 0. The van der Waals surface area contributed by atoms with Crippen LogP contribution in [0, 0.1) is 17.8 Å². The molecule has 0 atom stereocenters. The number of hydrogen-bond acceptors (Lipinski definition) is 1. The molecule has 0 aliphatic heterocycles. The first kappa shape index (κ1) is 17.9. The predicted molar refractivity (Wildman–Crippen MR) is 73.5 cm³/mol. The molecule has 0 heterocycles. The lowest BCUT2D eigenvalue weighted by atomic mass is 10.2. The molecule has 1 heteroatoms. The third-order valence-corrected chi connectivity index (χ3v) is 1.46. The van der Waals surface area contributed by atoms with Gasteiger partial charge in [-0.2, -0.15) is 0 Å². The first-order valence-electron chi connectivity index (χ1n) is 6.58. The van der Waals surface area contributed by atoms with E-state index in [1.165, 1.54) is 12.8 Å². The maximum absolute atomic E-state index is 5.35. The Labute approximate surface area is 103 Å². The second-order valence-corrected chi connectivity index (χ2v) is 4.86. The second-order valence-electron chi connectivity index (χ2n) is 4.86. The number of hydrogen-bond donors (Lipinski definition) is 0. The summed E-state index contributed by atoms with van der Waals surface area (Å²) in [6.07, 6.45) is 4.71. The van der Waals surface area contributed by atoms with Gasteiger partial charge in [-0.05, 0) is 26.2 Å². The quantitative estimate of drug-likeness (QED) is 0.489. The van der Waals surface area contributed by atoms with Crippen LogP contribution in [-0.4, -0.2) is 12.7 Å². The molecule has 1 nitrogen and oxygen atoms in total. The summed E-state index contributed by atoms with van der Waals surface area (Å²) < 4.78 is 5.35. The molecule has 16 heavy (non-hydrogen) atoms. The number of unbranched alkanes of at least 4 members (excludes halogenated alkanes) is 2. The molecule has 0 amide bonds. The van der Waals surface area contributed by atoms with Crippen molar-refractivity contribution in [2.75, 3.05) is 6.61 Å². The topological polar surface area (TPSA) is 9.23 Å². The summed E-state index contributed by atoms with van der Waals surface area (Å²) in [5.74, 6) is 7.06. The lowest BCUT2D eigenvalue weighted by molar-refractivity contribution is 0.0836. The molecule has 0 rings (SSSR count). The highest BCUT2D eigenvalue weighted by molar-refractivity contribution is 4.98. The van der Waals surface area contributed by atoms with Gasteiger partial charge in [0.2, 0.25) is 0 Å². The highest BCUT2D eigenvalue weighted by atomic mass is 16.5. The third-order valence-electron chi connectivity index (χ3n) is 1.46. The molecule has 0 saturated heterocycles. The molecule has 0 fully saturated rings. The van der Waals surface area contributed by atoms with Crippen LogP contribution in [0.4, 0.5) is 0 Å². The zero-order valence-electron chi connectivity index (χ0n) is 12.1. The molecule has 0 aromatic rings. The Morgan fingerprint density at radius 2 is 1.44 bits per heavy atom. The van der Waals surface area contributed by atoms with Gasteiger partial charge in [0.15, 0.2) is 0 Å². The SMILES string of the molecule is CC(C)C.CCCCC#CCCOC(C)C. The monoisotopic (exact) mass is 226 g/mol. The van der Waals surface area contributed by atoms with E-state index in [9.17, 15) is 0 Å². The van der Waals surface area contributed by atoms with Gasteiger partial charge in [0, 0.05) is 12.8 Å². The Bertz CT molecular complexity index is 169. The minimum absolute atomic E-state index is 0.336. The van der Waals surface area contributed by atoms with Gasteiger partial charge in [0.25, 0.3) is 0 Å². The highest BCUT2D eigenvalue weighted by Gasteiger charge is 1.89. The first-order chi connectivity index (χ1) is 7.50. The Morgan fingerprint density at radius 1 is 0.938 bits per heavy atom. The molecular weight excluding hydrogens is 196 g/mol. The summed E-state index contributed by atoms with van der Waals surface area (Å²) in [5.41, 5.74) is 0. The van der Waals surface area contributed by atoms with E-state index in [4.69, 9.17) is 4.74 Å². The smallest absolute Gasteiger partial charge is 0.0579 e. The third kappa shape index (κ3) is 29.2. The van der Waals surface area contributed by atoms with Crippen molar-refractivity contribution in [3.8, 4) is 11.8 Å². The highest BCUT2D eigenvalue weighted by Crippen LogP contribution is 1.92. The maximum Gasteiger partial charge on any atom is 0.0579 e. The Balaban J connectivity index is 0. The average Bonchev–Trinajstić information content (AvgIpc) is 2.15. The normalized spacial score (nSPS) is 9.50. The van der Waals surface area contributed by atoms with Gasteiger partial charge >= 0.3 is 0 Å². The van der Waals surface area contributed by atoms with Crippen LogP contribution in [0.1, 0.15) is 67.2 Å². The average molecular weight is 226 g/mol. The number of rotatable bonds is 5. The van der Waals surface area contributed by atoms with Gasteiger partial charge in [-0.25, -0.2) is 0 Å². The van der Waals surface area contributed by atoms with E-state index in [0.29, 0.717) is 6.10 Å². The predicted octanol–water partition coefficient (Wildman–Crippen LogP) is 4.66. The minimum Gasteiger partial charge on any atom is -0.378 e. The molecule has 0 aromatic heterocycles. The first-order valence-corrected chi connectivity index (χ1v) is 6.58. The van der Waals surface area contributed by atoms with E-state index in [1.807, 2.05) is 13.8 Å². The van der Waals surface area contributed by atoms with Crippen LogP contribution in [0.25, 0.3) is 0 Å². The van der Waals surface area contributed by atoms with Gasteiger partial charge in [-0.3, -0.25) is 0 Å². The van der Waals surface area contributed by atoms with E-state index < -0.39 is 0 Å². The fraction of sp³-hybridized carbons (Fsp3) is 0.867. The molecule has 0 saturated carbocycles. The van der Waals surface area contributed by atoms with Gasteiger partial charge in [0.05, 0.1) is 12.7 Å². The van der Waals surface area contributed by atoms with Crippen molar-refractivity contribution in [1.82, 2.24) is 0 Å². The van der Waals surface area contributed by atoms with Crippen molar-refractivity contribution < 1.29 is 4.74 Å². The Morgan fingerprint density at radius 3 is 1.88 bits per heavy atom. The van der Waals surface area contributed by atoms with Crippen molar-refractivity contribution >= 4 is 0 Å². The molecule has 0 aromatic carbocycles. The summed E-state index contributed by atoms with van der Waals surface area (Å²) in [6.45, 7) is 13.6. The molecule has 0 bridgehead atoms. The zero-order valence-corrected chi connectivity index (χ0v) is 12.1. The summed E-state index contributed by atoms with van der Waals surface area (Å²) in [4.78, 5) is 0.